The van der Waals surface area contributed by atoms with Crippen LogP contribution in [0, 0.1) is 0 Å². The molecule has 0 radical (unpaired) electrons. The first kappa shape index (κ1) is 13.6. The minimum Gasteiger partial charge on any atom is -0.472 e. The van der Waals surface area contributed by atoms with Crippen LogP contribution < -0.4 is 10.6 Å². The number of pyridine rings is 1. The maximum Gasteiger partial charge on any atom is 0.107 e. The van der Waals surface area contributed by atoms with Gasteiger partial charge in [0.1, 0.15) is 4.99 Å². The van der Waals surface area contributed by atoms with Crippen LogP contribution in [0.5, 0.6) is 0 Å². The highest BCUT2D eigenvalue weighted by molar-refractivity contribution is 7.80. The summed E-state index contributed by atoms with van der Waals surface area (Å²) < 4.78 is 5.13. The van der Waals surface area contributed by atoms with E-state index in [2.05, 4.69) is 9.88 Å². The molecule has 2 N–H and O–H groups in total. The molecule has 21 heavy (non-hydrogen) atoms. The number of fused-ring (bicyclic) bond motifs is 1. The molecule has 0 unspecified atom stereocenters. The van der Waals surface area contributed by atoms with Gasteiger partial charge in [-0.1, -0.05) is 30.4 Å². The van der Waals surface area contributed by atoms with Crippen molar-refractivity contribution in [2.75, 3.05) is 11.9 Å². The second kappa shape index (κ2) is 5.54. The molecule has 0 aliphatic heterocycles. The van der Waals surface area contributed by atoms with Crippen LogP contribution in [0.2, 0.25) is 0 Å². The first-order chi connectivity index (χ1) is 10.2. The van der Waals surface area contributed by atoms with Gasteiger partial charge in [0.05, 0.1) is 29.3 Å². The fourth-order valence-corrected chi connectivity index (χ4v) is 2.60. The van der Waals surface area contributed by atoms with Crippen molar-refractivity contribution in [3.05, 3.63) is 60.2 Å². The highest BCUT2D eigenvalue weighted by atomic mass is 32.1. The summed E-state index contributed by atoms with van der Waals surface area (Å²) in [6.45, 7) is 0.708. The van der Waals surface area contributed by atoms with Crippen molar-refractivity contribution in [3.8, 4) is 0 Å². The highest BCUT2D eigenvalue weighted by Gasteiger charge is 2.15. The smallest absolute Gasteiger partial charge is 0.107 e. The standard InChI is InChI=1S/C16H15N3OS/c1-19(9-11-6-7-20-10-11)15-12-4-2-3-5-14(12)18-8-13(15)16(17)21/h2-8,10H,9H2,1H3,(H2,17,21). The van der Waals surface area contributed by atoms with Crippen molar-refractivity contribution in [1.29, 1.82) is 0 Å². The summed E-state index contributed by atoms with van der Waals surface area (Å²) in [6, 6.07) is 9.91. The second-order valence-electron chi connectivity index (χ2n) is 4.89. The van der Waals surface area contributed by atoms with Gasteiger partial charge in [-0.25, -0.2) is 0 Å². The zero-order chi connectivity index (χ0) is 14.8. The largest absolute Gasteiger partial charge is 0.472 e. The van der Waals surface area contributed by atoms with E-state index in [4.69, 9.17) is 22.4 Å². The molecule has 0 saturated heterocycles. The van der Waals surface area contributed by atoms with Crippen LogP contribution in [-0.4, -0.2) is 17.0 Å². The lowest BCUT2D eigenvalue weighted by Crippen LogP contribution is -2.22. The molecule has 0 aliphatic rings. The highest BCUT2D eigenvalue weighted by Crippen LogP contribution is 2.29. The van der Waals surface area contributed by atoms with Crippen LogP contribution in [0.4, 0.5) is 5.69 Å². The van der Waals surface area contributed by atoms with E-state index in [1.165, 1.54) is 0 Å². The van der Waals surface area contributed by atoms with Crippen molar-refractivity contribution in [2.24, 2.45) is 5.73 Å². The number of rotatable bonds is 4. The Hall–Kier alpha value is -2.40. The maximum absolute atomic E-state index is 5.86. The number of para-hydroxylation sites is 1. The van der Waals surface area contributed by atoms with E-state index in [1.807, 2.05) is 37.4 Å². The molecule has 0 aliphatic carbocycles. The van der Waals surface area contributed by atoms with Gasteiger partial charge in [-0.3, -0.25) is 4.98 Å². The van der Waals surface area contributed by atoms with E-state index >= 15 is 0 Å². The lowest BCUT2D eigenvalue weighted by molar-refractivity contribution is 0.563. The Morgan fingerprint density at radius 1 is 1.33 bits per heavy atom. The number of benzene rings is 1. The number of hydrogen-bond acceptors (Lipinski definition) is 4. The van der Waals surface area contributed by atoms with Crippen molar-refractivity contribution >= 4 is 33.8 Å². The molecule has 0 saturated carbocycles. The average molecular weight is 297 g/mol. The monoisotopic (exact) mass is 297 g/mol. The lowest BCUT2D eigenvalue weighted by atomic mass is 10.1. The Kier molecular flexibility index (Phi) is 3.58. The van der Waals surface area contributed by atoms with Gasteiger partial charge in [-0.2, -0.15) is 0 Å². The maximum atomic E-state index is 5.86. The van der Waals surface area contributed by atoms with Crippen LogP contribution in [0.15, 0.2) is 53.5 Å². The van der Waals surface area contributed by atoms with Crippen LogP contribution in [0.1, 0.15) is 11.1 Å². The molecule has 4 nitrogen and oxygen atoms in total. The van der Waals surface area contributed by atoms with E-state index in [0.717, 1.165) is 27.7 Å². The molecule has 0 fully saturated rings. The van der Waals surface area contributed by atoms with E-state index in [9.17, 15) is 0 Å². The summed E-state index contributed by atoms with van der Waals surface area (Å²) in [7, 11) is 2.01. The summed E-state index contributed by atoms with van der Waals surface area (Å²) in [5, 5.41) is 1.04. The van der Waals surface area contributed by atoms with Crippen molar-refractivity contribution in [2.45, 2.75) is 6.54 Å². The normalized spacial score (nSPS) is 10.7. The summed E-state index contributed by atoms with van der Waals surface area (Å²) >= 11 is 5.17. The minimum atomic E-state index is 0.349. The van der Waals surface area contributed by atoms with Gasteiger partial charge in [0.15, 0.2) is 0 Å². The third-order valence-electron chi connectivity index (χ3n) is 3.39. The minimum absolute atomic E-state index is 0.349. The summed E-state index contributed by atoms with van der Waals surface area (Å²) in [4.78, 5) is 6.89. The van der Waals surface area contributed by atoms with Gasteiger partial charge < -0.3 is 15.1 Å². The fourth-order valence-electron chi connectivity index (χ4n) is 2.45. The summed E-state index contributed by atoms with van der Waals surface area (Å²) in [5.74, 6) is 0. The predicted octanol–water partition coefficient (Wildman–Crippen LogP) is 3.10. The van der Waals surface area contributed by atoms with E-state index in [-0.39, 0.29) is 0 Å². The number of aromatic nitrogens is 1. The molecule has 0 amide bonds. The van der Waals surface area contributed by atoms with Crippen LogP contribution in [-0.2, 0) is 6.54 Å². The van der Waals surface area contributed by atoms with Gasteiger partial charge in [-0.15, -0.1) is 0 Å². The molecule has 106 valence electrons. The molecule has 0 bridgehead atoms. The zero-order valence-electron chi connectivity index (χ0n) is 11.6. The Morgan fingerprint density at radius 2 is 2.14 bits per heavy atom. The molecular weight excluding hydrogens is 282 g/mol. The topological polar surface area (TPSA) is 55.3 Å². The third kappa shape index (κ3) is 2.60. The van der Waals surface area contributed by atoms with Crippen molar-refractivity contribution < 1.29 is 4.42 Å². The van der Waals surface area contributed by atoms with Gasteiger partial charge in [0.2, 0.25) is 0 Å². The molecule has 3 rings (SSSR count). The summed E-state index contributed by atoms with van der Waals surface area (Å²) in [5.41, 5.74) is 9.66. The van der Waals surface area contributed by atoms with Gasteiger partial charge in [0.25, 0.3) is 0 Å². The van der Waals surface area contributed by atoms with Gasteiger partial charge in [0, 0.05) is 30.7 Å². The molecule has 5 heteroatoms. The van der Waals surface area contributed by atoms with Crippen LogP contribution >= 0.6 is 12.2 Å². The number of nitrogens with zero attached hydrogens (tertiary/aromatic N) is 2. The quantitative estimate of drug-likeness (QED) is 0.750. The average Bonchev–Trinajstić information content (AvgIpc) is 2.98. The number of thiocarbonyl (C=S) groups is 1. The Labute approximate surface area is 128 Å². The molecule has 3 aromatic rings. The van der Waals surface area contributed by atoms with E-state index in [1.54, 1.807) is 18.7 Å². The molecule has 2 heterocycles. The number of hydrogen-bond donors (Lipinski definition) is 1. The zero-order valence-corrected chi connectivity index (χ0v) is 12.4. The van der Waals surface area contributed by atoms with Gasteiger partial charge >= 0.3 is 0 Å². The van der Waals surface area contributed by atoms with Crippen LogP contribution in [0.25, 0.3) is 10.9 Å². The Balaban J connectivity index is 2.13. The second-order valence-corrected chi connectivity index (χ2v) is 5.33. The Bertz CT molecular complexity index is 783. The molecular formula is C16H15N3OS. The van der Waals surface area contributed by atoms with E-state index in [0.29, 0.717) is 11.5 Å². The van der Waals surface area contributed by atoms with Gasteiger partial charge in [-0.05, 0) is 12.1 Å². The first-order valence-electron chi connectivity index (χ1n) is 6.56. The Morgan fingerprint density at radius 3 is 2.86 bits per heavy atom. The van der Waals surface area contributed by atoms with Crippen molar-refractivity contribution in [1.82, 2.24) is 4.98 Å². The van der Waals surface area contributed by atoms with Crippen molar-refractivity contribution in [3.63, 3.8) is 0 Å². The molecule has 1 aromatic carbocycles. The molecule has 2 aromatic heterocycles. The predicted molar refractivity (Wildman–Crippen MR) is 88.4 cm³/mol. The van der Waals surface area contributed by atoms with Crippen LogP contribution in [0.3, 0.4) is 0 Å². The fraction of sp³-hybridized carbons (Fsp3) is 0.125. The SMILES string of the molecule is CN(Cc1ccoc1)c1c(C(N)=S)cnc2ccccc12. The molecule has 0 atom stereocenters. The number of anilines is 1. The van der Waals surface area contributed by atoms with E-state index < -0.39 is 0 Å². The first-order valence-corrected chi connectivity index (χ1v) is 6.97. The number of nitrogens with two attached hydrogens (primary N) is 1. The molecule has 0 spiro atoms. The number of furan rings is 1. The third-order valence-corrected chi connectivity index (χ3v) is 3.61. The summed E-state index contributed by atoms with van der Waals surface area (Å²) in [6.07, 6.45) is 5.15. The lowest BCUT2D eigenvalue weighted by Gasteiger charge is -2.23.